The molecule has 3 aliphatic carbocycles. The van der Waals surface area contributed by atoms with Gasteiger partial charge >= 0.3 is 11.9 Å². The summed E-state index contributed by atoms with van der Waals surface area (Å²) in [4.78, 5) is 23.0. The summed E-state index contributed by atoms with van der Waals surface area (Å²) < 4.78 is 11.4. The Labute approximate surface area is 137 Å². The van der Waals surface area contributed by atoms with Crippen LogP contribution in [-0.2, 0) is 19.1 Å². The van der Waals surface area contributed by atoms with Crippen LogP contribution in [0.2, 0.25) is 0 Å². The summed E-state index contributed by atoms with van der Waals surface area (Å²) in [6, 6.07) is 0. The van der Waals surface area contributed by atoms with Gasteiger partial charge in [0.05, 0.1) is 11.5 Å². The van der Waals surface area contributed by atoms with E-state index >= 15 is 0 Å². The van der Waals surface area contributed by atoms with Gasteiger partial charge in [0.2, 0.25) is 0 Å². The number of ether oxygens (including phenoxy) is 2. The van der Waals surface area contributed by atoms with Gasteiger partial charge in [-0.15, -0.1) is 0 Å². The van der Waals surface area contributed by atoms with Gasteiger partial charge in [-0.25, -0.2) is 4.79 Å². The van der Waals surface area contributed by atoms with Crippen molar-refractivity contribution in [1.82, 2.24) is 0 Å². The number of hydrogen-bond donors (Lipinski definition) is 1. The number of fused-ring (bicyclic) bond motifs is 5. The Bertz CT molecular complexity index is 486. The van der Waals surface area contributed by atoms with Gasteiger partial charge in [0.1, 0.15) is 12.7 Å². The largest absolute Gasteiger partial charge is 0.480 e. The van der Waals surface area contributed by atoms with Gasteiger partial charge in [0.25, 0.3) is 0 Å². The van der Waals surface area contributed by atoms with E-state index in [0.29, 0.717) is 23.7 Å². The quantitative estimate of drug-likeness (QED) is 0.761. The van der Waals surface area contributed by atoms with Crippen LogP contribution in [0.3, 0.4) is 0 Å². The topological polar surface area (TPSA) is 72.8 Å². The molecule has 0 spiro atoms. The fourth-order valence-corrected chi connectivity index (χ4v) is 4.86. The highest BCUT2D eigenvalue weighted by atomic mass is 16.5. The highest BCUT2D eigenvalue weighted by Crippen LogP contribution is 2.60. The number of aliphatic carboxylic acids is 1. The molecule has 0 aliphatic heterocycles. The Morgan fingerprint density at radius 1 is 1.09 bits per heavy atom. The maximum Gasteiger partial charge on any atom is 0.329 e. The van der Waals surface area contributed by atoms with Crippen LogP contribution < -0.4 is 0 Å². The molecule has 5 nitrogen and oxygen atoms in total. The molecule has 3 aliphatic rings. The Balaban J connectivity index is 1.57. The average molecular weight is 324 g/mol. The summed E-state index contributed by atoms with van der Waals surface area (Å²) in [5, 5.41) is 8.75. The third-order valence-corrected chi connectivity index (χ3v) is 6.50. The standard InChI is InChI=1S/C18H28O5/c1-4-18(2,3)17(21)23-15-6-10-5-14(15)13-8-11(7-12(10)13)22-9-16(19)20/h10-15H,4-9H2,1-3H3,(H,19,20). The Morgan fingerprint density at radius 2 is 1.78 bits per heavy atom. The third kappa shape index (κ3) is 3.12. The van der Waals surface area contributed by atoms with E-state index in [9.17, 15) is 9.59 Å². The second-order valence-corrected chi connectivity index (χ2v) is 8.20. The van der Waals surface area contributed by atoms with Crippen molar-refractivity contribution >= 4 is 11.9 Å². The molecule has 6 atom stereocenters. The molecule has 0 heterocycles. The van der Waals surface area contributed by atoms with E-state index in [0.717, 1.165) is 32.1 Å². The molecule has 5 heteroatoms. The van der Waals surface area contributed by atoms with Gasteiger partial charge < -0.3 is 14.6 Å². The zero-order valence-corrected chi connectivity index (χ0v) is 14.3. The highest BCUT2D eigenvalue weighted by Gasteiger charge is 2.57. The molecule has 0 amide bonds. The molecule has 1 N–H and O–H groups in total. The van der Waals surface area contributed by atoms with E-state index in [4.69, 9.17) is 14.6 Å². The summed E-state index contributed by atoms with van der Waals surface area (Å²) >= 11 is 0. The van der Waals surface area contributed by atoms with Crippen molar-refractivity contribution in [2.75, 3.05) is 6.61 Å². The molecule has 0 aromatic carbocycles. The molecule has 6 unspecified atom stereocenters. The minimum Gasteiger partial charge on any atom is -0.480 e. The van der Waals surface area contributed by atoms with Crippen molar-refractivity contribution in [2.24, 2.45) is 29.1 Å². The van der Waals surface area contributed by atoms with E-state index < -0.39 is 11.4 Å². The Hall–Kier alpha value is -1.10. The monoisotopic (exact) mass is 324 g/mol. The second kappa shape index (κ2) is 6.08. The number of carboxylic acid groups (broad SMARTS) is 1. The molecular formula is C18H28O5. The molecular weight excluding hydrogens is 296 g/mol. The predicted octanol–water partition coefficient (Wildman–Crippen LogP) is 2.87. The molecule has 2 bridgehead atoms. The van der Waals surface area contributed by atoms with Crippen LogP contribution in [0.25, 0.3) is 0 Å². The fraction of sp³-hybridized carbons (Fsp3) is 0.889. The van der Waals surface area contributed by atoms with Crippen molar-refractivity contribution in [3.63, 3.8) is 0 Å². The molecule has 0 aromatic rings. The first-order chi connectivity index (χ1) is 10.8. The van der Waals surface area contributed by atoms with Gasteiger partial charge in [0, 0.05) is 0 Å². The van der Waals surface area contributed by atoms with Gasteiger partial charge in [-0.2, -0.15) is 0 Å². The van der Waals surface area contributed by atoms with Crippen molar-refractivity contribution < 1.29 is 24.2 Å². The van der Waals surface area contributed by atoms with Crippen molar-refractivity contribution in [3.05, 3.63) is 0 Å². The molecule has 0 saturated heterocycles. The molecule has 3 saturated carbocycles. The van der Waals surface area contributed by atoms with Crippen LogP contribution in [0.1, 0.15) is 52.9 Å². The lowest BCUT2D eigenvalue weighted by molar-refractivity contribution is -0.164. The summed E-state index contributed by atoms with van der Waals surface area (Å²) in [6.45, 7) is 5.69. The zero-order chi connectivity index (χ0) is 16.8. The number of carboxylic acids is 1. The van der Waals surface area contributed by atoms with Crippen LogP contribution in [0.15, 0.2) is 0 Å². The van der Waals surface area contributed by atoms with E-state index in [1.807, 2.05) is 20.8 Å². The van der Waals surface area contributed by atoms with Gasteiger partial charge in [-0.1, -0.05) is 6.92 Å². The van der Waals surface area contributed by atoms with E-state index in [1.54, 1.807) is 0 Å². The number of esters is 1. The maximum absolute atomic E-state index is 12.3. The maximum atomic E-state index is 12.3. The molecule has 130 valence electrons. The average Bonchev–Trinajstić information content (AvgIpc) is 3.15. The Kier molecular flexibility index (Phi) is 4.43. The smallest absolute Gasteiger partial charge is 0.329 e. The van der Waals surface area contributed by atoms with E-state index in [1.165, 1.54) is 0 Å². The zero-order valence-electron chi connectivity index (χ0n) is 14.3. The molecule has 0 radical (unpaired) electrons. The van der Waals surface area contributed by atoms with Gasteiger partial charge in [0.15, 0.2) is 0 Å². The number of hydrogen-bond acceptors (Lipinski definition) is 4. The summed E-state index contributed by atoms with van der Waals surface area (Å²) in [7, 11) is 0. The van der Waals surface area contributed by atoms with E-state index in [-0.39, 0.29) is 24.8 Å². The van der Waals surface area contributed by atoms with Crippen molar-refractivity contribution in [2.45, 2.75) is 65.1 Å². The van der Waals surface area contributed by atoms with Crippen molar-refractivity contribution in [1.29, 1.82) is 0 Å². The number of rotatable bonds is 6. The highest BCUT2D eigenvalue weighted by molar-refractivity contribution is 5.76. The Morgan fingerprint density at radius 3 is 2.43 bits per heavy atom. The lowest BCUT2D eigenvalue weighted by atomic mass is 9.80. The lowest BCUT2D eigenvalue weighted by Gasteiger charge is -2.33. The van der Waals surface area contributed by atoms with E-state index in [2.05, 4.69) is 0 Å². The lowest BCUT2D eigenvalue weighted by Crippen LogP contribution is -2.36. The number of carbonyl (C=O) groups excluding carboxylic acids is 1. The second-order valence-electron chi connectivity index (χ2n) is 8.20. The summed E-state index contributed by atoms with van der Waals surface area (Å²) in [5.41, 5.74) is -0.413. The molecule has 23 heavy (non-hydrogen) atoms. The van der Waals surface area contributed by atoms with Crippen LogP contribution in [-0.4, -0.2) is 35.9 Å². The van der Waals surface area contributed by atoms with Gasteiger partial charge in [-0.3, -0.25) is 4.79 Å². The SMILES string of the molecule is CCC(C)(C)C(=O)OC1CC2CC1C1CC(OCC(=O)O)CC21. The fourth-order valence-electron chi connectivity index (χ4n) is 4.86. The normalized spacial score (nSPS) is 38.6. The minimum atomic E-state index is -0.904. The third-order valence-electron chi connectivity index (χ3n) is 6.50. The summed E-state index contributed by atoms with van der Waals surface area (Å²) in [6.07, 6.45) is 4.92. The van der Waals surface area contributed by atoms with Crippen molar-refractivity contribution in [3.8, 4) is 0 Å². The molecule has 3 fully saturated rings. The first kappa shape index (κ1) is 16.7. The first-order valence-corrected chi connectivity index (χ1v) is 8.86. The summed E-state index contributed by atoms with van der Waals surface area (Å²) in [5.74, 6) is 1.25. The van der Waals surface area contributed by atoms with Crippen LogP contribution in [0, 0.1) is 29.1 Å². The number of carbonyl (C=O) groups is 2. The van der Waals surface area contributed by atoms with Crippen LogP contribution in [0.4, 0.5) is 0 Å². The van der Waals surface area contributed by atoms with Gasteiger partial charge in [-0.05, 0) is 69.6 Å². The predicted molar refractivity (Wildman–Crippen MR) is 83.8 cm³/mol. The van der Waals surface area contributed by atoms with Crippen LogP contribution >= 0.6 is 0 Å². The molecule has 3 rings (SSSR count). The first-order valence-electron chi connectivity index (χ1n) is 8.86. The minimum absolute atomic E-state index is 0.0535. The van der Waals surface area contributed by atoms with Crippen LogP contribution in [0.5, 0.6) is 0 Å². The molecule has 0 aromatic heterocycles.